The molecule has 2 heterocycles. The molecule has 2 aromatic rings. The van der Waals surface area contributed by atoms with Crippen molar-refractivity contribution in [3.63, 3.8) is 0 Å². The third-order valence-corrected chi connectivity index (χ3v) is 3.37. The Morgan fingerprint density at radius 2 is 2.11 bits per heavy atom. The zero-order valence-corrected chi connectivity index (χ0v) is 10.2. The Morgan fingerprint density at radius 3 is 2.89 bits per heavy atom. The highest BCUT2D eigenvalue weighted by Gasteiger charge is 2.25. The standard InChI is InChI=1S/C14H13F2N3/c15-11-2-1-9-4-6-19(12(9)7-11)14-13(16)10(8-17)3-5-18-14/h1-3,5,7H,4,6,8,17H2. The summed E-state index contributed by atoms with van der Waals surface area (Å²) in [6, 6.07) is 6.12. The quantitative estimate of drug-likeness (QED) is 0.903. The molecule has 0 aliphatic carbocycles. The molecule has 1 aromatic heterocycles. The van der Waals surface area contributed by atoms with E-state index in [1.807, 2.05) is 0 Å². The van der Waals surface area contributed by atoms with Crippen LogP contribution in [0.4, 0.5) is 20.3 Å². The van der Waals surface area contributed by atoms with Crippen LogP contribution < -0.4 is 10.6 Å². The normalized spacial score (nSPS) is 13.7. The molecule has 5 heteroatoms. The summed E-state index contributed by atoms with van der Waals surface area (Å²) in [6.45, 7) is 0.710. The second-order valence-electron chi connectivity index (χ2n) is 4.49. The first-order chi connectivity index (χ1) is 9.20. The molecule has 1 aliphatic heterocycles. The molecule has 0 amide bonds. The van der Waals surface area contributed by atoms with E-state index in [9.17, 15) is 8.78 Å². The molecule has 0 spiro atoms. The van der Waals surface area contributed by atoms with Crippen LogP contribution in [-0.2, 0) is 13.0 Å². The van der Waals surface area contributed by atoms with Gasteiger partial charge in [-0.1, -0.05) is 6.07 Å². The molecule has 0 atom stereocenters. The number of halogens is 2. The fraction of sp³-hybridized carbons (Fsp3) is 0.214. The van der Waals surface area contributed by atoms with Gasteiger partial charge >= 0.3 is 0 Å². The minimum absolute atomic E-state index is 0.116. The highest BCUT2D eigenvalue weighted by molar-refractivity contribution is 5.68. The van der Waals surface area contributed by atoms with Gasteiger partial charge in [0.15, 0.2) is 11.6 Å². The third kappa shape index (κ3) is 1.96. The van der Waals surface area contributed by atoms with Crippen molar-refractivity contribution in [2.75, 3.05) is 11.4 Å². The molecule has 0 saturated carbocycles. The van der Waals surface area contributed by atoms with Crippen molar-refractivity contribution in [1.82, 2.24) is 4.98 Å². The number of fused-ring (bicyclic) bond motifs is 1. The van der Waals surface area contributed by atoms with E-state index in [0.717, 1.165) is 12.0 Å². The van der Waals surface area contributed by atoms with Gasteiger partial charge in [-0.05, 0) is 30.2 Å². The van der Waals surface area contributed by atoms with Crippen LogP contribution in [0.5, 0.6) is 0 Å². The Balaban J connectivity index is 2.09. The SMILES string of the molecule is NCc1ccnc(N2CCc3ccc(F)cc32)c1F. The molecule has 1 aromatic carbocycles. The van der Waals surface area contributed by atoms with Gasteiger partial charge in [0.1, 0.15) is 5.82 Å². The Hall–Kier alpha value is -2.01. The first-order valence-corrected chi connectivity index (χ1v) is 6.10. The zero-order chi connectivity index (χ0) is 13.4. The Labute approximate surface area is 109 Å². The topological polar surface area (TPSA) is 42.1 Å². The Kier molecular flexibility index (Phi) is 2.91. The van der Waals surface area contributed by atoms with E-state index in [-0.39, 0.29) is 18.2 Å². The zero-order valence-electron chi connectivity index (χ0n) is 10.2. The number of nitrogens with two attached hydrogens (primary N) is 1. The van der Waals surface area contributed by atoms with Gasteiger partial charge in [0, 0.05) is 30.5 Å². The molecule has 0 radical (unpaired) electrons. The van der Waals surface area contributed by atoms with Gasteiger partial charge in [-0.2, -0.15) is 0 Å². The van der Waals surface area contributed by atoms with Crippen molar-refractivity contribution in [2.24, 2.45) is 5.73 Å². The van der Waals surface area contributed by atoms with Crippen LogP contribution >= 0.6 is 0 Å². The summed E-state index contributed by atoms with van der Waals surface area (Å²) in [7, 11) is 0. The van der Waals surface area contributed by atoms with Crippen molar-refractivity contribution < 1.29 is 8.78 Å². The summed E-state index contributed by atoms with van der Waals surface area (Å²) < 4.78 is 27.6. The number of nitrogens with zero attached hydrogens (tertiary/aromatic N) is 2. The van der Waals surface area contributed by atoms with Crippen LogP contribution in [0, 0.1) is 11.6 Å². The summed E-state index contributed by atoms with van der Waals surface area (Å²) in [6.07, 6.45) is 2.28. The molecule has 0 unspecified atom stereocenters. The van der Waals surface area contributed by atoms with Crippen molar-refractivity contribution in [1.29, 1.82) is 0 Å². The predicted octanol–water partition coefficient (Wildman–Crippen LogP) is 2.51. The molecule has 2 N–H and O–H groups in total. The Bertz CT molecular complexity index is 628. The number of hydrogen-bond donors (Lipinski definition) is 1. The monoisotopic (exact) mass is 261 g/mol. The van der Waals surface area contributed by atoms with E-state index in [2.05, 4.69) is 4.98 Å². The van der Waals surface area contributed by atoms with Crippen LogP contribution in [0.15, 0.2) is 30.5 Å². The van der Waals surface area contributed by atoms with E-state index in [4.69, 9.17) is 5.73 Å². The lowest BCUT2D eigenvalue weighted by Crippen LogP contribution is -2.18. The first kappa shape index (κ1) is 12.0. The number of rotatable bonds is 2. The second-order valence-corrected chi connectivity index (χ2v) is 4.49. The number of hydrogen-bond acceptors (Lipinski definition) is 3. The van der Waals surface area contributed by atoms with Crippen molar-refractivity contribution in [3.05, 3.63) is 53.2 Å². The van der Waals surface area contributed by atoms with Crippen molar-refractivity contribution in [2.45, 2.75) is 13.0 Å². The third-order valence-electron chi connectivity index (χ3n) is 3.37. The fourth-order valence-electron chi connectivity index (χ4n) is 2.39. The maximum Gasteiger partial charge on any atom is 0.170 e. The lowest BCUT2D eigenvalue weighted by molar-refractivity contribution is 0.602. The first-order valence-electron chi connectivity index (χ1n) is 6.10. The van der Waals surface area contributed by atoms with Crippen LogP contribution in [0.2, 0.25) is 0 Å². The summed E-state index contributed by atoms with van der Waals surface area (Å²) in [4.78, 5) is 5.77. The molecule has 0 bridgehead atoms. The summed E-state index contributed by atoms with van der Waals surface area (Å²) >= 11 is 0. The average molecular weight is 261 g/mol. The summed E-state index contributed by atoms with van der Waals surface area (Å²) in [5.41, 5.74) is 7.58. The van der Waals surface area contributed by atoms with Gasteiger partial charge in [-0.3, -0.25) is 0 Å². The lowest BCUT2D eigenvalue weighted by Gasteiger charge is -2.19. The molecule has 1 aliphatic rings. The largest absolute Gasteiger partial charge is 0.326 e. The number of anilines is 2. The lowest BCUT2D eigenvalue weighted by atomic mass is 10.1. The van der Waals surface area contributed by atoms with Crippen LogP contribution in [0.1, 0.15) is 11.1 Å². The molecule has 0 fully saturated rings. The summed E-state index contributed by atoms with van der Waals surface area (Å²) in [5, 5.41) is 0. The van der Waals surface area contributed by atoms with E-state index in [1.165, 1.54) is 18.3 Å². The van der Waals surface area contributed by atoms with Crippen LogP contribution in [0.3, 0.4) is 0 Å². The van der Waals surface area contributed by atoms with E-state index < -0.39 is 5.82 Å². The second kappa shape index (κ2) is 4.59. The molecule has 0 saturated heterocycles. The average Bonchev–Trinajstić information content (AvgIpc) is 2.82. The minimum atomic E-state index is -0.429. The van der Waals surface area contributed by atoms with Gasteiger partial charge in [0.25, 0.3) is 0 Å². The van der Waals surface area contributed by atoms with Crippen molar-refractivity contribution >= 4 is 11.5 Å². The van der Waals surface area contributed by atoms with Gasteiger partial charge < -0.3 is 10.6 Å². The van der Waals surface area contributed by atoms with Gasteiger partial charge in [-0.15, -0.1) is 0 Å². The predicted molar refractivity (Wildman–Crippen MR) is 69.2 cm³/mol. The maximum absolute atomic E-state index is 14.2. The maximum atomic E-state index is 14.2. The highest BCUT2D eigenvalue weighted by Crippen LogP contribution is 2.35. The number of aromatic nitrogens is 1. The highest BCUT2D eigenvalue weighted by atomic mass is 19.1. The van der Waals surface area contributed by atoms with E-state index >= 15 is 0 Å². The fourth-order valence-corrected chi connectivity index (χ4v) is 2.39. The molecular weight excluding hydrogens is 248 g/mol. The van der Waals surface area contributed by atoms with Crippen LogP contribution in [0.25, 0.3) is 0 Å². The van der Waals surface area contributed by atoms with E-state index in [1.54, 1.807) is 17.0 Å². The van der Waals surface area contributed by atoms with Crippen molar-refractivity contribution in [3.8, 4) is 0 Å². The van der Waals surface area contributed by atoms with Gasteiger partial charge in [0.2, 0.25) is 0 Å². The molecule has 19 heavy (non-hydrogen) atoms. The van der Waals surface area contributed by atoms with Gasteiger partial charge in [-0.25, -0.2) is 13.8 Å². The molecule has 3 rings (SSSR count). The number of benzene rings is 1. The summed E-state index contributed by atoms with van der Waals surface area (Å²) in [5.74, 6) is -0.546. The van der Waals surface area contributed by atoms with Gasteiger partial charge in [0.05, 0.1) is 0 Å². The number of pyridine rings is 1. The van der Waals surface area contributed by atoms with E-state index in [0.29, 0.717) is 17.8 Å². The smallest absolute Gasteiger partial charge is 0.170 e. The molecule has 98 valence electrons. The minimum Gasteiger partial charge on any atom is -0.326 e. The van der Waals surface area contributed by atoms with Crippen LogP contribution in [-0.4, -0.2) is 11.5 Å². The molecular formula is C14H13F2N3. The molecule has 3 nitrogen and oxygen atoms in total. The Morgan fingerprint density at radius 1 is 1.26 bits per heavy atom.